The smallest absolute Gasteiger partial charge is 0.0169 e. The summed E-state index contributed by atoms with van der Waals surface area (Å²) in [4.78, 5) is 0. The van der Waals surface area contributed by atoms with Gasteiger partial charge in [-0.15, -0.1) is 0 Å². The number of hydrogen-bond donors (Lipinski definition) is 0. The van der Waals surface area contributed by atoms with Crippen LogP contribution in [0.15, 0.2) is 11.6 Å². The molecule has 0 nitrogen and oxygen atoms in total. The van der Waals surface area contributed by atoms with Crippen LogP contribution in [0.1, 0.15) is 79.1 Å². The third kappa shape index (κ3) is 2.41. The molecule has 4 rings (SSSR count). The molecule has 0 aromatic heterocycles. The van der Waals surface area contributed by atoms with Crippen LogP contribution in [-0.2, 0) is 0 Å². The molecule has 0 N–H and O–H groups in total. The lowest BCUT2D eigenvalue weighted by Gasteiger charge is -2.51. The zero-order valence-electron chi connectivity index (χ0n) is 13.5. The van der Waals surface area contributed by atoms with Crippen molar-refractivity contribution in [3.05, 3.63) is 11.6 Å². The van der Waals surface area contributed by atoms with Crippen molar-refractivity contribution in [2.45, 2.75) is 79.1 Å². The van der Waals surface area contributed by atoms with Crippen LogP contribution in [0.3, 0.4) is 0 Å². The van der Waals surface area contributed by atoms with Gasteiger partial charge >= 0.3 is 0 Å². The van der Waals surface area contributed by atoms with Gasteiger partial charge in [0.2, 0.25) is 0 Å². The van der Waals surface area contributed by atoms with Gasteiger partial charge < -0.3 is 0 Å². The normalized spacial score (nSPS) is 50.8. The fourth-order valence-corrected chi connectivity index (χ4v) is 7.10. The Hall–Kier alpha value is -0.260. The second-order valence-electron chi connectivity index (χ2n) is 8.39. The van der Waals surface area contributed by atoms with Crippen LogP contribution in [0.4, 0.5) is 0 Å². The van der Waals surface area contributed by atoms with Crippen molar-refractivity contribution in [2.24, 2.45) is 41.4 Å². The topological polar surface area (TPSA) is 0 Å². The molecular formula is C21H36. The highest BCUT2D eigenvalue weighted by Gasteiger charge is 2.50. The van der Waals surface area contributed by atoms with Crippen LogP contribution >= 0.6 is 0 Å². The lowest BCUT2D eigenvalue weighted by molar-refractivity contribution is -0.0148. The summed E-state index contributed by atoms with van der Waals surface area (Å²) < 4.78 is 0. The first-order chi connectivity index (χ1) is 9.79. The third-order valence-electron chi connectivity index (χ3n) is 7.77. The molecule has 21 heavy (non-hydrogen) atoms. The van der Waals surface area contributed by atoms with E-state index in [0.717, 1.165) is 41.4 Å². The Morgan fingerprint density at radius 2 is 1.52 bits per heavy atom. The highest BCUT2D eigenvalue weighted by Crippen LogP contribution is 2.59. The van der Waals surface area contributed by atoms with Gasteiger partial charge in [0.15, 0.2) is 0 Å². The molecular weight excluding hydrogens is 252 g/mol. The molecule has 4 aliphatic carbocycles. The quantitative estimate of drug-likeness (QED) is 0.448. The molecule has 0 spiro atoms. The van der Waals surface area contributed by atoms with Crippen LogP contribution in [0.25, 0.3) is 0 Å². The predicted octanol–water partition coefficient (Wildman–Crippen LogP) is 6.47. The van der Waals surface area contributed by atoms with E-state index in [9.17, 15) is 0 Å². The van der Waals surface area contributed by atoms with E-state index < -0.39 is 0 Å². The van der Waals surface area contributed by atoms with Crippen molar-refractivity contribution < 1.29 is 0 Å². The maximum absolute atomic E-state index is 2.49. The Bertz CT molecular complexity index is 393. The van der Waals surface area contributed by atoms with Gasteiger partial charge in [-0.05, 0) is 86.9 Å². The maximum Gasteiger partial charge on any atom is -0.0169 e. The summed E-state index contributed by atoms with van der Waals surface area (Å²) in [7, 11) is 0. The largest absolute Gasteiger partial charge is 0.0879 e. The first-order valence-corrected chi connectivity index (χ1v) is 9.45. The zero-order chi connectivity index (χ0) is 13.7. The van der Waals surface area contributed by atoms with E-state index in [1.54, 1.807) is 32.1 Å². The van der Waals surface area contributed by atoms with Gasteiger partial charge in [-0.3, -0.25) is 0 Å². The highest BCUT2D eigenvalue weighted by atomic mass is 14.6. The zero-order valence-corrected chi connectivity index (χ0v) is 13.5. The Balaban J connectivity index is 0.00000132. The molecule has 120 valence electrons. The average Bonchev–Trinajstić information content (AvgIpc) is 2.82. The molecule has 0 radical (unpaired) electrons. The molecule has 7 unspecified atom stereocenters. The van der Waals surface area contributed by atoms with Crippen LogP contribution in [0.5, 0.6) is 0 Å². The van der Waals surface area contributed by atoms with Crippen molar-refractivity contribution in [1.29, 1.82) is 0 Å². The van der Waals surface area contributed by atoms with Crippen molar-refractivity contribution in [1.82, 2.24) is 0 Å². The monoisotopic (exact) mass is 288 g/mol. The first kappa shape index (κ1) is 15.6. The van der Waals surface area contributed by atoms with Gasteiger partial charge in [0.25, 0.3) is 0 Å². The van der Waals surface area contributed by atoms with Gasteiger partial charge in [-0.1, -0.05) is 45.3 Å². The molecule has 0 aliphatic heterocycles. The molecule has 4 fully saturated rings. The minimum absolute atomic E-state index is 0. The summed E-state index contributed by atoms with van der Waals surface area (Å²) in [5.41, 5.74) is 1.83. The van der Waals surface area contributed by atoms with Gasteiger partial charge in [0.05, 0.1) is 0 Å². The fraction of sp³-hybridized carbons (Fsp3) is 0.905. The Morgan fingerprint density at radius 1 is 0.810 bits per heavy atom. The average molecular weight is 289 g/mol. The summed E-state index contributed by atoms with van der Waals surface area (Å²) in [6.45, 7) is 4.78. The van der Waals surface area contributed by atoms with E-state index >= 15 is 0 Å². The molecule has 0 saturated heterocycles. The lowest BCUT2D eigenvalue weighted by atomic mass is 9.54. The number of hydrogen-bond acceptors (Lipinski definition) is 0. The van der Waals surface area contributed by atoms with Crippen molar-refractivity contribution >= 4 is 0 Å². The van der Waals surface area contributed by atoms with Gasteiger partial charge in [-0.25, -0.2) is 0 Å². The van der Waals surface area contributed by atoms with Crippen molar-refractivity contribution in [2.75, 3.05) is 0 Å². The van der Waals surface area contributed by atoms with Crippen molar-refractivity contribution in [3.63, 3.8) is 0 Å². The summed E-state index contributed by atoms with van der Waals surface area (Å²) in [5, 5.41) is 0. The first-order valence-electron chi connectivity index (χ1n) is 9.45. The van der Waals surface area contributed by atoms with E-state index in [4.69, 9.17) is 0 Å². The molecule has 0 heteroatoms. The molecule has 4 saturated carbocycles. The van der Waals surface area contributed by atoms with Crippen LogP contribution in [0.2, 0.25) is 0 Å². The predicted molar refractivity (Wildman–Crippen MR) is 92.1 cm³/mol. The molecule has 0 bridgehead atoms. The van der Waals surface area contributed by atoms with E-state index in [-0.39, 0.29) is 7.43 Å². The Morgan fingerprint density at radius 3 is 2.33 bits per heavy atom. The standard InChI is InChI=1S/C20H32.CH4/c1-3-15-13(2)12-20-17(15)10-11-18-16-7-5-4-6-14(16)8-9-19(18)20;/h3,13-14,16-20H,4-12H2,1-2H3;1H4/b15-3+;. The Labute approximate surface area is 132 Å². The second kappa shape index (κ2) is 6.09. The molecule has 0 amide bonds. The molecule has 0 heterocycles. The molecule has 7 atom stereocenters. The van der Waals surface area contributed by atoms with E-state index in [1.165, 1.54) is 25.7 Å². The minimum atomic E-state index is 0. The number of allylic oxidation sites excluding steroid dienone is 2. The summed E-state index contributed by atoms with van der Waals surface area (Å²) in [5.74, 6) is 7.42. The van der Waals surface area contributed by atoms with Gasteiger partial charge in [0, 0.05) is 0 Å². The van der Waals surface area contributed by atoms with E-state index in [0.29, 0.717) is 0 Å². The van der Waals surface area contributed by atoms with Gasteiger partial charge in [-0.2, -0.15) is 0 Å². The SMILES string of the molecule is C.C/C=C1\C(C)CC2C1CCC1C3CCCCC3CCC21. The lowest BCUT2D eigenvalue weighted by Crippen LogP contribution is -2.43. The fourth-order valence-electron chi connectivity index (χ4n) is 7.10. The van der Waals surface area contributed by atoms with Crippen LogP contribution < -0.4 is 0 Å². The number of rotatable bonds is 0. The Kier molecular flexibility index (Phi) is 4.53. The minimum Gasteiger partial charge on any atom is -0.0879 e. The maximum atomic E-state index is 2.49. The molecule has 0 aromatic rings. The third-order valence-corrected chi connectivity index (χ3v) is 7.77. The summed E-state index contributed by atoms with van der Waals surface area (Å²) in [6, 6.07) is 0. The van der Waals surface area contributed by atoms with Crippen molar-refractivity contribution in [3.8, 4) is 0 Å². The molecule has 0 aromatic carbocycles. The van der Waals surface area contributed by atoms with Gasteiger partial charge in [0.1, 0.15) is 0 Å². The van der Waals surface area contributed by atoms with Crippen LogP contribution in [0, 0.1) is 41.4 Å². The van der Waals surface area contributed by atoms with E-state index in [1.807, 2.05) is 5.57 Å². The number of fused-ring (bicyclic) bond motifs is 5. The van der Waals surface area contributed by atoms with E-state index in [2.05, 4.69) is 19.9 Å². The second-order valence-corrected chi connectivity index (χ2v) is 8.39. The summed E-state index contributed by atoms with van der Waals surface area (Å²) >= 11 is 0. The molecule has 4 aliphatic rings. The highest BCUT2D eigenvalue weighted by molar-refractivity contribution is 5.19. The van der Waals surface area contributed by atoms with Crippen LogP contribution in [-0.4, -0.2) is 0 Å². The summed E-state index contributed by atoms with van der Waals surface area (Å²) in [6.07, 6.45) is 16.5.